The molecule has 0 atom stereocenters. The summed E-state index contributed by atoms with van der Waals surface area (Å²) in [6.45, 7) is 0.915. The van der Waals surface area contributed by atoms with E-state index in [1.54, 1.807) is 17.5 Å². The van der Waals surface area contributed by atoms with E-state index in [0.29, 0.717) is 13.2 Å². The zero-order chi connectivity index (χ0) is 13.1. The Bertz CT molecular complexity index is 696. The molecule has 0 fully saturated rings. The van der Waals surface area contributed by atoms with E-state index in [1.807, 2.05) is 35.7 Å². The molecule has 0 amide bonds. The molecule has 0 bridgehead atoms. The number of fused-ring (bicyclic) bond motifs is 1. The van der Waals surface area contributed by atoms with E-state index in [9.17, 15) is 0 Å². The van der Waals surface area contributed by atoms with Crippen LogP contribution in [0.1, 0.15) is 10.7 Å². The molecule has 0 radical (unpaired) electrons. The molecular weight excluding hydrogens is 258 g/mol. The van der Waals surface area contributed by atoms with E-state index >= 15 is 0 Å². The molecule has 0 spiro atoms. The standard InChI is InChI=1S/C14H13N3OS/c15-6-14-17-11(9-19-14)8-18-12-5-10-3-1-2-4-13(10)16-7-12/h1-5,7,9H,6,8,15H2. The molecule has 96 valence electrons. The number of ether oxygens (including phenoxy) is 1. The minimum atomic E-state index is 0.441. The van der Waals surface area contributed by atoms with Crippen molar-refractivity contribution in [2.45, 2.75) is 13.2 Å². The topological polar surface area (TPSA) is 61.0 Å². The van der Waals surface area contributed by atoms with Gasteiger partial charge in [0, 0.05) is 17.3 Å². The maximum atomic E-state index is 5.70. The fraction of sp³-hybridized carbons (Fsp3) is 0.143. The van der Waals surface area contributed by atoms with Crippen LogP contribution in [0.3, 0.4) is 0 Å². The average molecular weight is 271 g/mol. The number of thiazole rings is 1. The third-order valence-electron chi connectivity index (χ3n) is 2.73. The first-order valence-corrected chi connectivity index (χ1v) is 6.84. The SMILES string of the molecule is NCc1nc(COc2cnc3ccccc3c2)cs1. The molecule has 1 aromatic carbocycles. The van der Waals surface area contributed by atoms with Gasteiger partial charge in [-0.2, -0.15) is 0 Å². The number of pyridine rings is 1. The first-order valence-electron chi connectivity index (χ1n) is 5.96. The summed E-state index contributed by atoms with van der Waals surface area (Å²) in [5, 5.41) is 3.97. The number of hydrogen-bond acceptors (Lipinski definition) is 5. The van der Waals surface area contributed by atoms with Crippen molar-refractivity contribution in [3.05, 3.63) is 52.6 Å². The molecule has 2 heterocycles. The lowest BCUT2D eigenvalue weighted by Gasteiger charge is -2.05. The first kappa shape index (κ1) is 12.1. The summed E-state index contributed by atoms with van der Waals surface area (Å²) in [5.41, 5.74) is 7.40. The fourth-order valence-electron chi connectivity index (χ4n) is 1.80. The van der Waals surface area contributed by atoms with Gasteiger partial charge in [0.1, 0.15) is 17.4 Å². The second-order valence-electron chi connectivity index (χ2n) is 4.09. The Kier molecular flexibility index (Phi) is 3.39. The summed E-state index contributed by atoms with van der Waals surface area (Å²) in [4.78, 5) is 8.71. The maximum absolute atomic E-state index is 5.70. The summed E-state index contributed by atoms with van der Waals surface area (Å²) >= 11 is 1.56. The van der Waals surface area contributed by atoms with Gasteiger partial charge in [-0.25, -0.2) is 4.98 Å². The largest absolute Gasteiger partial charge is 0.486 e. The highest BCUT2D eigenvalue weighted by atomic mass is 32.1. The van der Waals surface area contributed by atoms with Crippen LogP contribution in [-0.4, -0.2) is 9.97 Å². The van der Waals surface area contributed by atoms with E-state index in [-0.39, 0.29) is 0 Å². The van der Waals surface area contributed by atoms with E-state index < -0.39 is 0 Å². The van der Waals surface area contributed by atoms with Crippen molar-refractivity contribution < 1.29 is 4.74 Å². The van der Waals surface area contributed by atoms with Gasteiger partial charge in [0.15, 0.2) is 0 Å². The predicted molar refractivity (Wildman–Crippen MR) is 76.1 cm³/mol. The summed E-state index contributed by atoms with van der Waals surface area (Å²) in [7, 11) is 0. The molecule has 3 rings (SSSR count). The van der Waals surface area contributed by atoms with Gasteiger partial charge in [-0.15, -0.1) is 11.3 Å². The Morgan fingerprint density at radius 2 is 2.16 bits per heavy atom. The van der Waals surface area contributed by atoms with Crippen LogP contribution in [0.4, 0.5) is 0 Å². The molecule has 0 aliphatic heterocycles. The Balaban J connectivity index is 1.74. The molecule has 2 N–H and O–H groups in total. The third-order valence-corrected chi connectivity index (χ3v) is 3.65. The van der Waals surface area contributed by atoms with Crippen LogP contribution >= 0.6 is 11.3 Å². The van der Waals surface area contributed by atoms with E-state index in [4.69, 9.17) is 10.5 Å². The number of nitrogens with two attached hydrogens (primary N) is 1. The van der Waals surface area contributed by atoms with Crippen molar-refractivity contribution in [1.29, 1.82) is 0 Å². The zero-order valence-electron chi connectivity index (χ0n) is 10.2. The first-order chi connectivity index (χ1) is 9.35. The van der Waals surface area contributed by atoms with Crippen molar-refractivity contribution >= 4 is 22.2 Å². The summed E-state index contributed by atoms with van der Waals surface area (Å²) in [6, 6.07) is 9.94. The molecule has 5 heteroatoms. The van der Waals surface area contributed by atoms with Crippen LogP contribution in [0.25, 0.3) is 10.9 Å². The smallest absolute Gasteiger partial charge is 0.138 e. The van der Waals surface area contributed by atoms with Crippen LogP contribution in [0.5, 0.6) is 5.75 Å². The molecule has 3 aromatic rings. The van der Waals surface area contributed by atoms with Crippen molar-refractivity contribution in [3.8, 4) is 5.75 Å². The number of para-hydroxylation sites is 1. The van der Waals surface area contributed by atoms with Crippen LogP contribution < -0.4 is 10.5 Å². The van der Waals surface area contributed by atoms with Crippen LogP contribution in [0.2, 0.25) is 0 Å². The van der Waals surface area contributed by atoms with Crippen molar-refractivity contribution in [2.24, 2.45) is 5.73 Å². The average Bonchev–Trinajstić information content (AvgIpc) is 2.93. The predicted octanol–water partition coefficient (Wildman–Crippen LogP) is 2.73. The lowest BCUT2D eigenvalue weighted by molar-refractivity contribution is 0.301. The van der Waals surface area contributed by atoms with Crippen molar-refractivity contribution in [3.63, 3.8) is 0 Å². The Morgan fingerprint density at radius 3 is 3.00 bits per heavy atom. The van der Waals surface area contributed by atoms with Crippen LogP contribution in [0.15, 0.2) is 41.9 Å². The van der Waals surface area contributed by atoms with Gasteiger partial charge < -0.3 is 10.5 Å². The van der Waals surface area contributed by atoms with Crippen molar-refractivity contribution in [2.75, 3.05) is 0 Å². The van der Waals surface area contributed by atoms with Gasteiger partial charge in [-0.05, 0) is 12.1 Å². The third kappa shape index (κ3) is 2.72. The highest BCUT2D eigenvalue weighted by molar-refractivity contribution is 7.09. The highest BCUT2D eigenvalue weighted by Crippen LogP contribution is 2.19. The number of rotatable bonds is 4. The molecule has 0 unspecified atom stereocenters. The second kappa shape index (κ2) is 5.34. The van der Waals surface area contributed by atoms with Crippen LogP contribution in [-0.2, 0) is 13.2 Å². The van der Waals surface area contributed by atoms with Gasteiger partial charge in [-0.3, -0.25) is 4.98 Å². The zero-order valence-corrected chi connectivity index (χ0v) is 11.1. The number of hydrogen-bond donors (Lipinski definition) is 1. The van der Waals surface area contributed by atoms with Gasteiger partial charge in [-0.1, -0.05) is 18.2 Å². The summed E-state index contributed by atoms with van der Waals surface area (Å²) in [5.74, 6) is 0.751. The number of benzene rings is 1. The number of nitrogens with zero attached hydrogens (tertiary/aromatic N) is 2. The molecular formula is C14H13N3OS. The molecule has 2 aromatic heterocycles. The lowest BCUT2D eigenvalue weighted by atomic mass is 10.2. The molecule has 19 heavy (non-hydrogen) atoms. The highest BCUT2D eigenvalue weighted by Gasteiger charge is 2.03. The molecule has 4 nitrogen and oxygen atoms in total. The van der Waals surface area contributed by atoms with Crippen LogP contribution in [0, 0.1) is 0 Å². The minimum absolute atomic E-state index is 0.441. The quantitative estimate of drug-likeness (QED) is 0.792. The minimum Gasteiger partial charge on any atom is -0.486 e. The monoisotopic (exact) mass is 271 g/mol. The Labute approximate surface area is 114 Å². The Morgan fingerprint density at radius 1 is 1.26 bits per heavy atom. The van der Waals surface area contributed by atoms with E-state index in [0.717, 1.165) is 27.4 Å². The second-order valence-corrected chi connectivity index (χ2v) is 5.03. The van der Waals surface area contributed by atoms with E-state index in [1.165, 1.54) is 0 Å². The molecule has 0 aliphatic carbocycles. The fourth-order valence-corrected chi connectivity index (χ4v) is 2.46. The summed E-state index contributed by atoms with van der Waals surface area (Å²) in [6.07, 6.45) is 1.73. The van der Waals surface area contributed by atoms with Gasteiger partial charge in [0.25, 0.3) is 0 Å². The Hall–Kier alpha value is -1.98. The molecule has 0 saturated heterocycles. The van der Waals surface area contributed by atoms with Crippen molar-refractivity contribution in [1.82, 2.24) is 9.97 Å². The normalized spacial score (nSPS) is 10.8. The summed E-state index contributed by atoms with van der Waals surface area (Å²) < 4.78 is 5.70. The molecule has 0 saturated carbocycles. The van der Waals surface area contributed by atoms with Gasteiger partial charge >= 0.3 is 0 Å². The van der Waals surface area contributed by atoms with Gasteiger partial charge in [0.05, 0.1) is 17.4 Å². The van der Waals surface area contributed by atoms with E-state index in [2.05, 4.69) is 9.97 Å². The molecule has 0 aliphatic rings. The maximum Gasteiger partial charge on any atom is 0.138 e. The van der Waals surface area contributed by atoms with Gasteiger partial charge in [0.2, 0.25) is 0 Å². The lowest BCUT2D eigenvalue weighted by Crippen LogP contribution is -1.99. The number of aromatic nitrogens is 2.